The first-order valence-electron chi connectivity index (χ1n) is 12.2. The molecular weight excluding hydrogens is 422 g/mol. The lowest BCUT2D eigenvalue weighted by Gasteiger charge is -2.25. The molecule has 0 bridgehead atoms. The lowest BCUT2D eigenvalue weighted by Crippen LogP contribution is -2.27. The van der Waals surface area contributed by atoms with Gasteiger partial charge in [-0.2, -0.15) is 0 Å². The Balaban J connectivity index is 2.92. The first-order valence-corrected chi connectivity index (χ1v) is 12.2. The number of esters is 2. The number of anilines is 1. The van der Waals surface area contributed by atoms with Crippen LogP contribution in [0.4, 0.5) is 11.4 Å². The second-order valence-electron chi connectivity index (χ2n) is 7.94. The standard InChI is InChI=1S/C25H40N3O5/c1-5-17-31-24(29)11-9-15-28(16-10-12-25(30)32-18-6-2)20-13-14-22(27-26)23(19-20)33-21(7-3)8-4/h13-14,19,21H,5-12,15-18H2,1-4H3/q+1. The van der Waals surface area contributed by atoms with Gasteiger partial charge in [-0.1, -0.05) is 27.7 Å². The summed E-state index contributed by atoms with van der Waals surface area (Å²) in [5.41, 5.74) is 1.25. The molecule has 8 nitrogen and oxygen atoms in total. The summed E-state index contributed by atoms with van der Waals surface area (Å²) in [6.07, 6.45) is 5.21. The molecule has 0 N–H and O–H groups in total. The van der Waals surface area contributed by atoms with Crippen molar-refractivity contribution < 1.29 is 23.8 Å². The predicted molar refractivity (Wildman–Crippen MR) is 129 cm³/mol. The molecule has 184 valence electrons. The molecule has 33 heavy (non-hydrogen) atoms. The number of carbonyl (C=O) groups excluding carboxylic acids is 2. The lowest BCUT2D eigenvalue weighted by atomic mass is 10.2. The SMILES string of the molecule is CCCOC(=O)CCCN(CCCC(=O)OCCC)c1ccc([N+]#N)c(OC(CC)CC)c1. The topological polar surface area (TPSA) is 93.2 Å². The summed E-state index contributed by atoms with van der Waals surface area (Å²) in [4.78, 5) is 29.2. The maximum Gasteiger partial charge on any atom is 0.426 e. The van der Waals surface area contributed by atoms with Gasteiger partial charge in [0.2, 0.25) is 11.1 Å². The highest BCUT2D eigenvalue weighted by molar-refractivity contribution is 5.70. The van der Waals surface area contributed by atoms with Crippen LogP contribution in [0.5, 0.6) is 5.75 Å². The van der Waals surface area contributed by atoms with E-state index in [1.165, 1.54) is 0 Å². The molecule has 1 aromatic carbocycles. The number of diazo groups is 1. The van der Waals surface area contributed by atoms with Crippen LogP contribution in [0.2, 0.25) is 0 Å². The van der Waals surface area contributed by atoms with E-state index in [1.54, 1.807) is 6.07 Å². The highest BCUT2D eigenvalue weighted by Crippen LogP contribution is 2.34. The van der Waals surface area contributed by atoms with Crippen LogP contribution >= 0.6 is 0 Å². The Morgan fingerprint density at radius 3 is 1.94 bits per heavy atom. The molecule has 0 spiro atoms. The minimum Gasteiger partial charge on any atom is -0.483 e. The van der Waals surface area contributed by atoms with Crippen LogP contribution < -0.4 is 9.64 Å². The van der Waals surface area contributed by atoms with Gasteiger partial charge in [0.05, 0.1) is 19.3 Å². The Labute approximate surface area is 198 Å². The fourth-order valence-corrected chi connectivity index (χ4v) is 3.29. The number of nitrogens with zero attached hydrogens (tertiary/aromatic N) is 3. The predicted octanol–water partition coefficient (Wildman–Crippen LogP) is 6.01. The van der Waals surface area contributed by atoms with Crippen molar-refractivity contribution in [3.63, 3.8) is 0 Å². The van der Waals surface area contributed by atoms with Crippen LogP contribution in [0.15, 0.2) is 18.2 Å². The number of carbonyl (C=O) groups is 2. The van der Waals surface area contributed by atoms with Gasteiger partial charge in [-0.05, 0) is 44.6 Å². The van der Waals surface area contributed by atoms with E-state index >= 15 is 0 Å². The maximum absolute atomic E-state index is 11.9. The van der Waals surface area contributed by atoms with E-state index in [9.17, 15) is 15.0 Å². The molecular formula is C25H40N3O5+. The van der Waals surface area contributed by atoms with E-state index in [4.69, 9.17) is 14.2 Å². The quantitative estimate of drug-likeness (QED) is 0.207. The molecule has 0 unspecified atom stereocenters. The summed E-state index contributed by atoms with van der Waals surface area (Å²) >= 11 is 0. The van der Waals surface area contributed by atoms with Crippen molar-refractivity contribution in [2.24, 2.45) is 0 Å². The summed E-state index contributed by atoms with van der Waals surface area (Å²) in [5.74, 6) is 0.109. The minimum atomic E-state index is -0.202. The third-order valence-corrected chi connectivity index (χ3v) is 5.17. The Bertz CT molecular complexity index is 733. The van der Waals surface area contributed by atoms with E-state index in [0.29, 0.717) is 63.4 Å². The van der Waals surface area contributed by atoms with Crippen molar-refractivity contribution in [1.82, 2.24) is 0 Å². The Morgan fingerprint density at radius 1 is 0.939 bits per heavy atom. The zero-order chi connectivity index (χ0) is 24.5. The van der Waals surface area contributed by atoms with Crippen LogP contribution in [-0.2, 0) is 19.1 Å². The number of rotatable bonds is 17. The molecule has 1 aromatic rings. The van der Waals surface area contributed by atoms with E-state index in [-0.39, 0.29) is 18.0 Å². The fraction of sp³-hybridized carbons (Fsp3) is 0.680. The first-order chi connectivity index (χ1) is 16.0. The molecule has 0 atom stereocenters. The van der Waals surface area contributed by atoms with Crippen LogP contribution in [0.1, 0.15) is 79.1 Å². The van der Waals surface area contributed by atoms with Crippen molar-refractivity contribution in [2.75, 3.05) is 31.2 Å². The lowest BCUT2D eigenvalue weighted by molar-refractivity contribution is -0.144. The zero-order valence-electron chi connectivity index (χ0n) is 20.7. The number of benzene rings is 1. The van der Waals surface area contributed by atoms with Crippen LogP contribution in [0.3, 0.4) is 0 Å². The molecule has 0 aliphatic rings. The zero-order valence-corrected chi connectivity index (χ0v) is 20.7. The molecule has 0 aliphatic carbocycles. The van der Waals surface area contributed by atoms with E-state index in [1.807, 2.05) is 26.0 Å². The first kappa shape index (κ1) is 28.2. The number of hydrogen-bond acceptors (Lipinski definition) is 7. The second kappa shape index (κ2) is 16.8. The van der Waals surface area contributed by atoms with Crippen LogP contribution in [0.25, 0.3) is 4.98 Å². The van der Waals surface area contributed by atoms with Crippen molar-refractivity contribution in [3.8, 4) is 5.75 Å². The van der Waals surface area contributed by atoms with Gasteiger partial charge in [-0.15, -0.1) is 0 Å². The van der Waals surface area contributed by atoms with Crippen molar-refractivity contribution in [1.29, 1.82) is 5.39 Å². The Morgan fingerprint density at radius 2 is 1.48 bits per heavy atom. The Kier molecular flexibility index (Phi) is 14.3. The Hall–Kier alpha value is -2.82. The summed E-state index contributed by atoms with van der Waals surface area (Å²) in [6, 6.07) is 5.43. The smallest absolute Gasteiger partial charge is 0.426 e. The van der Waals surface area contributed by atoms with Gasteiger partial charge < -0.3 is 19.1 Å². The molecule has 0 saturated carbocycles. The average molecular weight is 463 g/mol. The van der Waals surface area contributed by atoms with Crippen molar-refractivity contribution in [2.45, 2.75) is 85.2 Å². The molecule has 0 radical (unpaired) electrons. The summed E-state index contributed by atoms with van der Waals surface area (Å²) < 4.78 is 16.4. The number of hydrogen-bond donors (Lipinski definition) is 0. The van der Waals surface area contributed by atoms with Gasteiger partial charge in [0.25, 0.3) is 0 Å². The largest absolute Gasteiger partial charge is 0.483 e. The average Bonchev–Trinajstić information content (AvgIpc) is 2.83. The highest BCUT2D eigenvalue weighted by Gasteiger charge is 2.21. The molecule has 0 aliphatic heterocycles. The normalized spacial score (nSPS) is 10.5. The molecule has 0 saturated heterocycles. The second-order valence-corrected chi connectivity index (χ2v) is 7.94. The van der Waals surface area contributed by atoms with E-state index < -0.39 is 0 Å². The maximum atomic E-state index is 11.9. The molecule has 0 aromatic heterocycles. The van der Waals surface area contributed by atoms with Gasteiger partial charge in [-0.3, -0.25) is 9.59 Å². The van der Waals surface area contributed by atoms with Gasteiger partial charge in [0.15, 0.2) is 4.98 Å². The molecule has 0 amide bonds. The van der Waals surface area contributed by atoms with Gasteiger partial charge in [-0.25, -0.2) is 0 Å². The van der Waals surface area contributed by atoms with Gasteiger partial charge >= 0.3 is 17.6 Å². The molecule has 8 heteroatoms. The van der Waals surface area contributed by atoms with Crippen molar-refractivity contribution >= 4 is 23.3 Å². The summed E-state index contributed by atoms with van der Waals surface area (Å²) in [6.45, 7) is 10.1. The van der Waals surface area contributed by atoms with Crippen molar-refractivity contribution in [3.05, 3.63) is 23.2 Å². The molecule has 1 rings (SSSR count). The van der Waals surface area contributed by atoms with Gasteiger partial charge in [0.1, 0.15) is 0 Å². The van der Waals surface area contributed by atoms with Crippen LogP contribution in [0, 0.1) is 5.39 Å². The molecule has 0 heterocycles. The van der Waals surface area contributed by atoms with Gasteiger partial charge in [0, 0.05) is 43.8 Å². The molecule has 0 fully saturated rings. The number of ether oxygens (including phenoxy) is 3. The van der Waals surface area contributed by atoms with Crippen LogP contribution in [-0.4, -0.2) is 44.3 Å². The summed E-state index contributed by atoms with van der Waals surface area (Å²) in [7, 11) is 0. The summed E-state index contributed by atoms with van der Waals surface area (Å²) in [5, 5.41) is 9.38. The highest BCUT2D eigenvalue weighted by atomic mass is 16.5. The fourth-order valence-electron chi connectivity index (χ4n) is 3.29. The third kappa shape index (κ3) is 11.0. The minimum absolute atomic E-state index is 0.0240. The van der Waals surface area contributed by atoms with E-state index in [0.717, 1.165) is 31.4 Å². The van der Waals surface area contributed by atoms with E-state index in [2.05, 4.69) is 23.7 Å². The third-order valence-electron chi connectivity index (χ3n) is 5.17. The monoisotopic (exact) mass is 462 g/mol.